The van der Waals surface area contributed by atoms with E-state index in [1.54, 1.807) is 29.8 Å². The highest BCUT2D eigenvalue weighted by Gasteiger charge is 2.19. The van der Waals surface area contributed by atoms with Gasteiger partial charge < -0.3 is 4.57 Å². The van der Waals surface area contributed by atoms with Crippen molar-refractivity contribution in [2.24, 2.45) is 7.05 Å². The van der Waals surface area contributed by atoms with Crippen LogP contribution in [0.1, 0.15) is 10.4 Å². The molecule has 0 saturated heterocycles. The molecule has 3 aromatic rings. The maximum Gasteiger partial charge on any atom is 0.278 e. The number of amides is 1. The number of para-hydroxylation sites is 1. The topological polar surface area (TPSA) is 90.1 Å². The van der Waals surface area contributed by atoms with Gasteiger partial charge in [-0.15, -0.1) is 0 Å². The maximum absolute atomic E-state index is 12.9. The van der Waals surface area contributed by atoms with Crippen LogP contribution in [0.2, 0.25) is 0 Å². The summed E-state index contributed by atoms with van der Waals surface area (Å²) in [6.45, 7) is 0. The third kappa shape index (κ3) is 3.23. The van der Waals surface area contributed by atoms with Crippen LogP contribution in [0.5, 0.6) is 0 Å². The Morgan fingerprint density at radius 1 is 1.20 bits per heavy atom. The molecule has 1 amide bonds. The molecule has 0 saturated carbocycles. The number of nitrogens with zero attached hydrogens (tertiary/aromatic N) is 3. The Balaban J connectivity index is 1.91. The quantitative estimate of drug-likeness (QED) is 0.582. The van der Waals surface area contributed by atoms with Gasteiger partial charge in [0, 0.05) is 18.7 Å². The maximum atomic E-state index is 12.9. The van der Waals surface area contributed by atoms with Gasteiger partial charge in [-0.05, 0) is 30.3 Å². The second kappa shape index (κ2) is 6.52. The smallest absolute Gasteiger partial charge is 0.278 e. The summed E-state index contributed by atoms with van der Waals surface area (Å²) in [5.41, 5.74) is 1.10. The van der Waals surface area contributed by atoms with Crippen LogP contribution in [0.3, 0.4) is 0 Å². The lowest BCUT2D eigenvalue weighted by atomic mass is 10.1. The number of nitro benzene ring substituents is 1. The van der Waals surface area contributed by atoms with Gasteiger partial charge >= 0.3 is 0 Å². The van der Waals surface area contributed by atoms with E-state index in [1.807, 2.05) is 0 Å². The second-order valence-corrected chi connectivity index (χ2v) is 5.26. The number of carbonyl (C=O) groups excluding carboxylic acids is 1. The molecule has 0 bridgehead atoms. The van der Waals surface area contributed by atoms with E-state index in [-0.39, 0.29) is 17.2 Å². The molecule has 1 N–H and O–H groups in total. The molecule has 126 valence electrons. The fraction of sp³-hybridized carbons (Fsp3) is 0.0588. The van der Waals surface area contributed by atoms with Crippen molar-refractivity contribution in [3.05, 3.63) is 76.2 Å². The van der Waals surface area contributed by atoms with Crippen LogP contribution in [0.25, 0.3) is 11.3 Å². The predicted octanol–water partition coefficient (Wildman–Crippen LogP) is 3.39. The Hall–Kier alpha value is -3.55. The van der Waals surface area contributed by atoms with Crippen molar-refractivity contribution >= 4 is 17.5 Å². The van der Waals surface area contributed by atoms with E-state index in [0.717, 1.165) is 0 Å². The van der Waals surface area contributed by atoms with Crippen LogP contribution in [0.15, 0.2) is 54.7 Å². The van der Waals surface area contributed by atoms with Gasteiger partial charge in [-0.3, -0.25) is 20.2 Å². The van der Waals surface area contributed by atoms with Crippen LogP contribution < -0.4 is 5.32 Å². The van der Waals surface area contributed by atoms with Crippen LogP contribution in [0.4, 0.5) is 16.0 Å². The number of halogens is 1. The lowest BCUT2D eigenvalue weighted by Crippen LogP contribution is -2.15. The standard InChI is InChI=1S/C17H13FN4O3/c1-21-15(13-4-2-3-5-14(13)22(24)25)10-19-17(21)20-16(23)11-6-8-12(18)9-7-11/h2-10H,1H3,(H,19,20,23). The first-order chi connectivity index (χ1) is 12.0. The van der Waals surface area contributed by atoms with Crippen molar-refractivity contribution in [1.82, 2.24) is 9.55 Å². The molecule has 0 radical (unpaired) electrons. The number of anilines is 1. The van der Waals surface area contributed by atoms with Gasteiger partial charge in [-0.25, -0.2) is 9.37 Å². The fourth-order valence-corrected chi connectivity index (χ4v) is 2.40. The summed E-state index contributed by atoms with van der Waals surface area (Å²) in [5.74, 6) is -0.669. The van der Waals surface area contributed by atoms with Gasteiger partial charge in [-0.2, -0.15) is 0 Å². The number of benzene rings is 2. The molecule has 0 fully saturated rings. The average Bonchev–Trinajstić information content (AvgIpc) is 2.96. The molecule has 0 unspecified atom stereocenters. The van der Waals surface area contributed by atoms with Gasteiger partial charge in [0.25, 0.3) is 11.6 Å². The molecule has 1 aromatic heterocycles. The summed E-state index contributed by atoms with van der Waals surface area (Å²) in [6.07, 6.45) is 1.45. The van der Waals surface area contributed by atoms with E-state index < -0.39 is 16.6 Å². The number of aromatic nitrogens is 2. The summed E-state index contributed by atoms with van der Waals surface area (Å²) in [7, 11) is 1.64. The van der Waals surface area contributed by atoms with Crippen molar-refractivity contribution < 1.29 is 14.1 Å². The van der Waals surface area contributed by atoms with E-state index in [4.69, 9.17) is 0 Å². The zero-order valence-electron chi connectivity index (χ0n) is 13.1. The molecule has 0 atom stereocenters. The van der Waals surface area contributed by atoms with Crippen LogP contribution in [-0.4, -0.2) is 20.4 Å². The minimum atomic E-state index is -0.473. The van der Waals surface area contributed by atoms with Gasteiger partial charge in [0.05, 0.1) is 22.4 Å². The number of carbonyl (C=O) groups is 1. The number of hydrogen-bond donors (Lipinski definition) is 1. The zero-order chi connectivity index (χ0) is 18.0. The van der Waals surface area contributed by atoms with Crippen LogP contribution in [0, 0.1) is 15.9 Å². The number of rotatable bonds is 4. The summed E-state index contributed by atoms with van der Waals surface area (Å²) in [4.78, 5) is 27.0. The molecule has 25 heavy (non-hydrogen) atoms. The summed E-state index contributed by atoms with van der Waals surface area (Å²) in [6, 6.07) is 11.4. The Labute approximate surface area is 141 Å². The number of nitrogens with one attached hydrogen (secondary N) is 1. The van der Waals surface area contributed by atoms with Crippen molar-refractivity contribution in [2.45, 2.75) is 0 Å². The predicted molar refractivity (Wildman–Crippen MR) is 89.7 cm³/mol. The highest BCUT2D eigenvalue weighted by molar-refractivity contribution is 6.03. The molecular weight excluding hydrogens is 327 g/mol. The Kier molecular flexibility index (Phi) is 4.25. The van der Waals surface area contributed by atoms with E-state index in [0.29, 0.717) is 11.3 Å². The van der Waals surface area contributed by atoms with Crippen LogP contribution >= 0.6 is 0 Å². The summed E-state index contributed by atoms with van der Waals surface area (Å²) in [5, 5.41) is 13.8. The zero-order valence-corrected chi connectivity index (χ0v) is 13.1. The molecule has 1 heterocycles. The number of hydrogen-bond acceptors (Lipinski definition) is 4. The minimum absolute atomic E-state index is 0.0538. The SMILES string of the molecule is Cn1c(-c2ccccc2[N+](=O)[O-])cnc1NC(=O)c1ccc(F)cc1. The highest BCUT2D eigenvalue weighted by atomic mass is 19.1. The Bertz CT molecular complexity index is 951. The molecule has 0 aliphatic rings. The van der Waals surface area contributed by atoms with Gasteiger partial charge in [0.1, 0.15) is 5.82 Å². The summed E-state index contributed by atoms with van der Waals surface area (Å²) >= 11 is 0. The first-order valence-corrected chi connectivity index (χ1v) is 7.30. The second-order valence-electron chi connectivity index (χ2n) is 5.26. The molecule has 0 aliphatic carbocycles. The lowest BCUT2D eigenvalue weighted by molar-refractivity contribution is -0.384. The van der Waals surface area contributed by atoms with E-state index >= 15 is 0 Å². The molecular formula is C17H13FN4O3. The van der Waals surface area contributed by atoms with Crippen molar-refractivity contribution in [2.75, 3.05) is 5.32 Å². The molecule has 0 spiro atoms. The number of imidazole rings is 1. The van der Waals surface area contributed by atoms with Gasteiger partial charge in [-0.1, -0.05) is 12.1 Å². The van der Waals surface area contributed by atoms with Gasteiger partial charge in [0.2, 0.25) is 5.95 Å². The molecule has 3 rings (SSSR count). The normalized spacial score (nSPS) is 10.5. The highest BCUT2D eigenvalue weighted by Crippen LogP contribution is 2.30. The van der Waals surface area contributed by atoms with E-state index in [2.05, 4.69) is 10.3 Å². The minimum Gasteiger partial charge on any atom is -0.313 e. The van der Waals surface area contributed by atoms with Crippen molar-refractivity contribution in [1.29, 1.82) is 0 Å². The molecule has 7 nitrogen and oxygen atoms in total. The van der Waals surface area contributed by atoms with E-state index in [1.165, 1.54) is 36.5 Å². The fourth-order valence-electron chi connectivity index (χ4n) is 2.40. The van der Waals surface area contributed by atoms with Crippen molar-refractivity contribution in [3.63, 3.8) is 0 Å². The molecule has 0 aliphatic heterocycles. The third-order valence-corrected chi connectivity index (χ3v) is 3.70. The first kappa shape index (κ1) is 16.3. The van der Waals surface area contributed by atoms with Gasteiger partial charge in [0.15, 0.2) is 0 Å². The lowest BCUT2D eigenvalue weighted by Gasteiger charge is -2.08. The first-order valence-electron chi connectivity index (χ1n) is 7.30. The Morgan fingerprint density at radius 3 is 2.56 bits per heavy atom. The largest absolute Gasteiger partial charge is 0.313 e. The van der Waals surface area contributed by atoms with Crippen molar-refractivity contribution in [3.8, 4) is 11.3 Å². The third-order valence-electron chi connectivity index (χ3n) is 3.70. The van der Waals surface area contributed by atoms with Crippen LogP contribution in [-0.2, 0) is 7.05 Å². The average molecular weight is 340 g/mol. The number of nitro groups is 1. The summed E-state index contributed by atoms with van der Waals surface area (Å²) < 4.78 is 14.5. The monoisotopic (exact) mass is 340 g/mol. The van der Waals surface area contributed by atoms with E-state index in [9.17, 15) is 19.3 Å². The molecule has 8 heteroatoms. The molecule has 2 aromatic carbocycles. The Morgan fingerprint density at radius 2 is 1.88 bits per heavy atom.